The molecule has 0 radical (unpaired) electrons. The van der Waals surface area contributed by atoms with E-state index in [1.807, 2.05) is 0 Å². The van der Waals surface area contributed by atoms with Crippen LogP contribution in [0, 0.1) is 0 Å². The van der Waals surface area contributed by atoms with E-state index < -0.39 is 57.8 Å². The highest BCUT2D eigenvalue weighted by atomic mass is 31.2. The number of anilines is 1. The summed E-state index contributed by atoms with van der Waals surface area (Å²) in [5.74, 6) is -1.63. The lowest BCUT2D eigenvalue weighted by atomic mass is 10.1. The normalized spacial score (nSPS) is 27.9. The van der Waals surface area contributed by atoms with Gasteiger partial charge in [0.1, 0.15) is 18.3 Å². The number of nitrogens with one attached hydrogen (secondary N) is 1. The zero-order valence-corrected chi connectivity index (χ0v) is 15.7. The van der Waals surface area contributed by atoms with E-state index >= 15 is 0 Å². The van der Waals surface area contributed by atoms with Crippen molar-refractivity contribution in [1.29, 1.82) is 0 Å². The minimum absolute atomic E-state index is 0.0339. The van der Waals surface area contributed by atoms with Gasteiger partial charge in [-0.3, -0.25) is 23.5 Å². The van der Waals surface area contributed by atoms with E-state index in [0.717, 1.165) is 10.9 Å². The number of imidazole rings is 1. The Morgan fingerprint density at radius 1 is 1.29 bits per heavy atom. The maximum Gasteiger partial charge on any atom is 0.340 e. The molecule has 0 bridgehead atoms. The Morgan fingerprint density at radius 2 is 1.96 bits per heavy atom. The number of ether oxygens (including phenoxy) is 1. The van der Waals surface area contributed by atoms with Crippen molar-refractivity contribution in [2.45, 2.75) is 24.5 Å². The Balaban J connectivity index is 1.79. The van der Waals surface area contributed by atoms with Crippen LogP contribution in [0.15, 0.2) is 11.1 Å². The quantitative estimate of drug-likeness (QED) is 0.233. The van der Waals surface area contributed by atoms with Gasteiger partial charge in [0.2, 0.25) is 5.95 Å². The van der Waals surface area contributed by atoms with E-state index in [1.54, 1.807) is 0 Å². The largest absolute Gasteiger partial charge is 0.387 e. The summed E-state index contributed by atoms with van der Waals surface area (Å²) in [4.78, 5) is 48.8. The van der Waals surface area contributed by atoms with Crippen molar-refractivity contribution < 1.29 is 43.3 Å². The van der Waals surface area contributed by atoms with Gasteiger partial charge in [0.25, 0.3) is 5.56 Å². The molecule has 1 saturated heterocycles. The smallest absolute Gasteiger partial charge is 0.340 e. The predicted octanol–water partition coefficient (Wildman–Crippen LogP) is -2.34. The molecule has 3 heterocycles. The van der Waals surface area contributed by atoms with Gasteiger partial charge in [-0.1, -0.05) is 0 Å². The summed E-state index contributed by atoms with van der Waals surface area (Å²) >= 11 is 0. The molecule has 28 heavy (non-hydrogen) atoms. The summed E-state index contributed by atoms with van der Waals surface area (Å²) < 4.78 is 33.7. The molecule has 156 valence electrons. The number of H-pyrrole nitrogens is 1. The number of aliphatic hydroxyl groups is 2. The molecule has 8 N–H and O–H groups in total. The number of hydrogen-bond donors (Lipinski definition) is 7. The number of nitrogens with two attached hydrogens (primary N) is 1. The molecule has 15 nitrogen and oxygen atoms in total. The molecular formula is C11H17N5O10P2. The van der Waals surface area contributed by atoms with Crippen molar-refractivity contribution in [1.82, 2.24) is 19.5 Å². The van der Waals surface area contributed by atoms with Gasteiger partial charge in [0.05, 0.1) is 12.9 Å². The Bertz CT molecular complexity index is 1030. The number of aliphatic hydroxyl groups excluding tert-OH is 2. The van der Waals surface area contributed by atoms with Crippen LogP contribution in [0.1, 0.15) is 6.23 Å². The van der Waals surface area contributed by atoms with Crippen molar-refractivity contribution in [2.75, 3.05) is 18.2 Å². The highest BCUT2D eigenvalue weighted by Gasteiger charge is 2.45. The van der Waals surface area contributed by atoms with E-state index in [-0.39, 0.29) is 17.1 Å². The molecular weight excluding hydrogens is 424 g/mol. The number of hydrogen-bond acceptors (Lipinski definition) is 10. The molecule has 0 amide bonds. The zero-order valence-electron chi connectivity index (χ0n) is 13.9. The molecule has 1 aliphatic rings. The molecule has 1 fully saturated rings. The predicted molar refractivity (Wildman–Crippen MR) is 91.2 cm³/mol. The summed E-state index contributed by atoms with van der Waals surface area (Å²) in [6.45, 7) is -0.745. The van der Waals surface area contributed by atoms with Crippen LogP contribution >= 0.6 is 15.2 Å². The highest BCUT2D eigenvalue weighted by molar-refractivity contribution is 7.70. The molecule has 2 aromatic heterocycles. The molecule has 1 aliphatic heterocycles. The third-order valence-electron chi connectivity index (χ3n) is 3.87. The number of rotatable bonds is 6. The van der Waals surface area contributed by atoms with Crippen LogP contribution < -0.4 is 11.3 Å². The Morgan fingerprint density at radius 3 is 2.61 bits per heavy atom. The van der Waals surface area contributed by atoms with Crippen LogP contribution in [0.4, 0.5) is 5.95 Å². The SMILES string of the molecule is Nc1nc2c(ncn2[C@@H]2O[C@H](COP(=O)(O)CP(=O)(O)O)C(O)C2O)c(=O)[nH]1. The summed E-state index contributed by atoms with van der Waals surface area (Å²) in [5.41, 5.74) is 4.72. The van der Waals surface area contributed by atoms with Gasteiger partial charge in [-0.25, -0.2) is 4.98 Å². The summed E-state index contributed by atoms with van der Waals surface area (Å²) in [5, 5.41) is 20.3. The molecule has 17 heteroatoms. The monoisotopic (exact) mass is 441 g/mol. The molecule has 5 atom stereocenters. The molecule has 3 unspecified atom stereocenters. The fourth-order valence-electron chi connectivity index (χ4n) is 2.69. The lowest BCUT2D eigenvalue weighted by Gasteiger charge is -2.18. The van der Waals surface area contributed by atoms with Crippen LogP contribution in [-0.2, 0) is 18.4 Å². The molecule has 0 saturated carbocycles. The number of fused-ring (bicyclic) bond motifs is 1. The first-order chi connectivity index (χ1) is 12.9. The Hall–Kier alpha value is -1.67. The second-order valence-electron chi connectivity index (χ2n) is 6.06. The highest BCUT2D eigenvalue weighted by Crippen LogP contribution is 2.55. The van der Waals surface area contributed by atoms with Crippen LogP contribution in [0.3, 0.4) is 0 Å². The fourth-order valence-corrected chi connectivity index (χ4v) is 5.26. The summed E-state index contributed by atoms with van der Waals surface area (Å²) in [7, 11) is -9.49. The fraction of sp³-hybridized carbons (Fsp3) is 0.545. The minimum Gasteiger partial charge on any atom is -0.387 e. The third-order valence-corrected chi connectivity index (χ3v) is 7.32. The van der Waals surface area contributed by atoms with Crippen LogP contribution in [0.25, 0.3) is 11.2 Å². The van der Waals surface area contributed by atoms with E-state index in [9.17, 15) is 29.0 Å². The van der Waals surface area contributed by atoms with Gasteiger partial charge < -0.3 is 39.9 Å². The van der Waals surface area contributed by atoms with Crippen LogP contribution in [0.2, 0.25) is 0 Å². The zero-order chi connectivity index (χ0) is 20.9. The molecule has 0 aliphatic carbocycles. The Kier molecular flexibility index (Phi) is 5.49. The number of aromatic amines is 1. The molecule has 0 spiro atoms. The van der Waals surface area contributed by atoms with Gasteiger partial charge in [-0.2, -0.15) is 4.98 Å². The first-order valence-corrected chi connectivity index (χ1v) is 11.2. The Labute approximate surface area is 155 Å². The average Bonchev–Trinajstić information content (AvgIpc) is 3.06. The van der Waals surface area contributed by atoms with Crippen molar-refractivity contribution in [3.63, 3.8) is 0 Å². The van der Waals surface area contributed by atoms with Crippen LogP contribution in [0.5, 0.6) is 0 Å². The van der Waals surface area contributed by atoms with Gasteiger partial charge in [0, 0.05) is 0 Å². The standard InChI is InChI=1S/C11H17N5O10P2/c12-11-14-8-5(9(19)15-11)13-2-16(8)10-7(18)6(17)4(26-10)1-25-28(23,24)3-27(20,21)22/h2,4,6-7,10,17-18H,1,3H2,(H,23,24)(H2,20,21,22)(H3,12,14,15,19)/t4-,6?,7?,10-/m1/s1. The van der Waals surface area contributed by atoms with Crippen molar-refractivity contribution in [3.8, 4) is 0 Å². The number of nitrogens with zero attached hydrogens (tertiary/aromatic N) is 3. The van der Waals surface area contributed by atoms with E-state index in [0.29, 0.717) is 0 Å². The maximum atomic E-state index is 11.8. The molecule has 2 aromatic rings. The third kappa shape index (κ3) is 4.33. The second-order valence-corrected chi connectivity index (χ2v) is 10.1. The van der Waals surface area contributed by atoms with Gasteiger partial charge >= 0.3 is 15.2 Å². The average molecular weight is 441 g/mol. The van der Waals surface area contributed by atoms with Crippen LogP contribution in [-0.4, -0.2) is 75.2 Å². The number of nitrogen functional groups attached to an aromatic ring is 1. The van der Waals surface area contributed by atoms with E-state index in [4.69, 9.17) is 20.3 Å². The van der Waals surface area contributed by atoms with E-state index in [2.05, 4.69) is 19.5 Å². The second kappa shape index (κ2) is 7.30. The van der Waals surface area contributed by atoms with Gasteiger partial charge in [0.15, 0.2) is 23.3 Å². The topological polar surface area (TPSA) is 243 Å². The summed E-state index contributed by atoms with van der Waals surface area (Å²) in [6, 6.07) is 0. The first kappa shape index (κ1) is 21.0. The van der Waals surface area contributed by atoms with E-state index in [1.165, 1.54) is 0 Å². The summed E-state index contributed by atoms with van der Waals surface area (Å²) in [6.07, 6.45) is -4.64. The van der Waals surface area contributed by atoms with Crippen molar-refractivity contribution >= 4 is 32.3 Å². The lowest BCUT2D eigenvalue weighted by Crippen LogP contribution is -2.33. The maximum absolute atomic E-state index is 11.8. The first-order valence-electron chi connectivity index (χ1n) is 7.63. The number of aromatic nitrogens is 4. The van der Waals surface area contributed by atoms with Gasteiger partial charge in [-0.15, -0.1) is 0 Å². The molecule has 3 rings (SSSR count). The van der Waals surface area contributed by atoms with Crippen molar-refractivity contribution in [2.24, 2.45) is 0 Å². The van der Waals surface area contributed by atoms with Gasteiger partial charge in [-0.05, 0) is 0 Å². The van der Waals surface area contributed by atoms with Crippen molar-refractivity contribution in [3.05, 3.63) is 16.7 Å². The molecule has 0 aromatic carbocycles. The lowest BCUT2D eigenvalue weighted by molar-refractivity contribution is -0.0483. The minimum atomic E-state index is -4.82.